The van der Waals surface area contributed by atoms with E-state index in [1.54, 1.807) is 5.70 Å². The summed E-state index contributed by atoms with van der Waals surface area (Å²) in [6, 6.07) is 0. The molecule has 0 aromatic heterocycles. The van der Waals surface area contributed by atoms with E-state index in [1.807, 2.05) is 12.2 Å². The normalized spacial score (nSPS) is 21.6. The first-order valence-corrected chi connectivity index (χ1v) is 6.41. The standard InChI is InChI=1S/C15H25N/c1-4-5-6-9-14(2)11-12-15-10-7-8-13-16(15)3/h4-6,12,14H,1,7-11,13H2,2-3H3/b6-5-,15-12+. The summed E-state index contributed by atoms with van der Waals surface area (Å²) in [6.07, 6.45) is 14.9. The van der Waals surface area contributed by atoms with Crippen molar-refractivity contribution in [2.24, 2.45) is 5.92 Å². The predicted octanol–water partition coefficient (Wildman–Crippen LogP) is 4.14. The average molecular weight is 219 g/mol. The Kier molecular flexibility index (Phi) is 5.99. The molecule has 1 atom stereocenters. The van der Waals surface area contributed by atoms with E-state index in [9.17, 15) is 0 Å². The van der Waals surface area contributed by atoms with Gasteiger partial charge in [0.05, 0.1) is 0 Å². The molecule has 1 heteroatoms. The van der Waals surface area contributed by atoms with Crippen LogP contribution >= 0.6 is 0 Å². The molecule has 1 unspecified atom stereocenters. The van der Waals surface area contributed by atoms with Gasteiger partial charge < -0.3 is 4.90 Å². The minimum atomic E-state index is 0.735. The van der Waals surface area contributed by atoms with E-state index in [-0.39, 0.29) is 0 Å². The minimum Gasteiger partial charge on any atom is -0.378 e. The molecule has 16 heavy (non-hydrogen) atoms. The molecule has 0 N–H and O–H groups in total. The van der Waals surface area contributed by atoms with Crippen molar-refractivity contribution in [2.45, 2.75) is 39.0 Å². The van der Waals surface area contributed by atoms with Gasteiger partial charge in [0.25, 0.3) is 0 Å². The third-order valence-electron chi connectivity index (χ3n) is 3.23. The number of nitrogens with zero attached hydrogens (tertiary/aromatic N) is 1. The molecule has 0 aromatic carbocycles. The van der Waals surface area contributed by atoms with Gasteiger partial charge >= 0.3 is 0 Å². The van der Waals surface area contributed by atoms with Crippen LogP contribution in [0.4, 0.5) is 0 Å². The summed E-state index contributed by atoms with van der Waals surface area (Å²) in [6.45, 7) is 7.23. The summed E-state index contributed by atoms with van der Waals surface area (Å²) in [4.78, 5) is 2.41. The largest absolute Gasteiger partial charge is 0.378 e. The fourth-order valence-electron chi connectivity index (χ4n) is 2.09. The van der Waals surface area contributed by atoms with E-state index in [0.717, 1.165) is 12.3 Å². The molecule has 1 aliphatic rings. The summed E-state index contributed by atoms with van der Waals surface area (Å²) in [5, 5.41) is 0. The van der Waals surface area contributed by atoms with Crippen LogP contribution < -0.4 is 0 Å². The topological polar surface area (TPSA) is 3.24 Å². The Balaban J connectivity index is 2.33. The monoisotopic (exact) mass is 219 g/mol. The van der Waals surface area contributed by atoms with Gasteiger partial charge in [-0.1, -0.05) is 37.8 Å². The predicted molar refractivity (Wildman–Crippen MR) is 72.3 cm³/mol. The highest BCUT2D eigenvalue weighted by Gasteiger charge is 2.10. The van der Waals surface area contributed by atoms with E-state index in [0.29, 0.717) is 0 Å². The van der Waals surface area contributed by atoms with E-state index >= 15 is 0 Å². The van der Waals surface area contributed by atoms with Crippen LogP contribution in [0.5, 0.6) is 0 Å². The highest BCUT2D eigenvalue weighted by Crippen LogP contribution is 2.20. The first-order chi connectivity index (χ1) is 7.74. The summed E-state index contributed by atoms with van der Waals surface area (Å²) >= 11 is 0. The molecular formula is C15H25N. The van der Waals surface area contributed by atoms with E-state index in [2.05, 4.69) is 37.6 Å². The van der Waals surface area contributed by atoms with Crippen molar-refractivity contribution in [3.05, 3.63) is 36.6 Å². The molecule has 1 aliphatic heterocycles. The first-order valence-electron chi connectivity index (χ1n) is 6.41. The number of piperidine rings is 1. The van der Waals surface area contributed by atoms with Gasteiger partial charge in [0, 0.05) is 19.3 Å². The third-order valence-corrected chi connectivity index (χ3v) is 3.23. The number of rotatable bonds is 5. The molecule has 90 valence electrons. The molecule has 1 nitrogen and oxygen atoms in total. The number of hydrogen-bond acceptors (Lipinski definition) is 1. The molecule has 0 radical (unpaired) electrons. The third kappa shape index (κ3) is 4.69. The fraction of sp³-hybridized carbons (Fsp3) is 0.600. The van der Waals surface area contributed by atoms with Crippen LogP contribution in [0.25, 0.3) is 0 Å². The second kappa shape index (κ2) is 7.32. The average Bonchev–Trinajstić information content (AvgIpc) is 2.28. The Morgan fingerprint density at radius 2 is 2.19 bits per heavy atom. The van der Waals surface area contributed by atoms with Crippen molar-refractivity contribution in [2.75, 3.05) is 13.6 Å². The highest BCUT2D eigenvalue weighted by atomic mass is 15.1. The molecule has 0 aromatic rings. The maximum Gasteiger partial charge on any atom is 0.0171 e. The van der Waals surface area contributed by atoms with Crippen LogP contribution in [0.3, 0.4) is 0 Å². The molecule has 0 bridgehead atoms. The summed E-state index contributed by atoms with van der Waals surface area (Å²) in [5.74, 6) is 0.735. The second-order valence-corrected chi connectivity index (χ2v) is 4.81. The number of likely N-dealkylation sites (tertiary alicyclic amines) is 1. The van der Waals surface area contributed by atoms with Gasteiger partial charge in [-0.3, -0.25) is 0 Å². The van der Waals surface area contributed by atoms with Gasteiger partial charge in [-0.05, 0) is 38.0 Å². The zero-order valence-electron chi connectivity index (χ0n) is 10.8. The summed E-state index contributed by atoms with van der Waals surface area (Å²) in [7, 11) is 2.22. The van der Waals surface area contributed by atoms with Crippen molar-refractivity contribution >= 4 is 0 Å². The Labute approximate surface area is 101 Å². The zero-order chi connectivity index (χ0) is 11.8. The lowest BCUT2D eigenvalue weighted by atomic mass is 10.0. The van der Waals surface area contributed by atoms with Gasteiger partial charge in [-0.2, -0.15) is 0 Å². The van der Waals surface area contributed by atoms with Crippen molar-refractivity contribution in [3.63, 3.8) is 0 Å². The lowest BCUT2D eigenvalue weighted by molar-refractivity contribution is 0.342. The van der Waals surface area contributed by atoms with Crippen molar-refractivity contribution in [3.8, 4) is 0 Å². The second-order valence-electron chi connectivity index (χ2n) is 4.81. The summed E-state index contributed by atoms with van der Waals surface area (Å²) < 4.78 is 0. The van der Waals surface area contributed by atoms with Gasteiger partial charge in [0.2, 0.25) is 0 Å². The molecule has 1 fully saturated rings. The SMILES string of the molecule is C=C/C=C\CC(C)C/C=C1\CCCCN1C. The maximum absolute atomic E-state index is 3.68. The smallest absolute Gasteiger partial charge is 0.0171 e. The van der Waals surface area contributed by atoms with E-state index < -0.39 is 0 Å². The zero-order valence-corrected chi connectivity index (χ0v) is 10.8. The Bertz CT molecular complexity index is 263. The molecule has 1 saturated heterocycles. The lowest BCUT2D eigenvalue weighted by Gasteiger charge is -2.28. The Morgan fingerprint density at radius 1 is 1.38 bits per heavy atom. The molecular weight excluding hydrogens is 194 g/mol. The maximum atomic E-state index is 3.68. The lowest BCUT2D eigenvalue weighted by Crippen LogP contribution is -2.23. The van der Waals surface area contributed by atoms with Crippen molar-refractivity contribution in [1.29, 1.82) is 0 Å². The Hall–Kier alpha value is -0.980. The Morgan fingerprint density at radius 3 is 2.88 bits per heavy atom. The molecule has 0 saturated carbocycles. The molecule has 1 heterocycles. The quantitative estimate of drug-likeness (QED) is 0.628. The van der Waals surface area contributed by atoms with Crippen molar-refractivity contribution < 1.29 is 0 Å². The van der Waals surface area contributed by atoms with Crippen LogP contribution in [-0.4, -0.2) is 18.5 Å². The minimum absolute atomic E-state index is 0.735. The first kappa shape index (κ1) is 13.1. The van der Waals surface area contributed by atoms with Gasteiger partial charge in [-0.15, -0.1) is 0 Å². The van der Waals surface area contributed by atoms with Gasteiger partial charge in [-0.25, -0.2) is 0 Å². The van der Waals surface area contributed by atoms with Gasteiger partial charge in [0.15, 0.2) is 0 Å². The summed E-state index contributed by atoms with van der Waals surface area (Å²) in [5.41, 5.74) is 1.55. The van der Waals surface area contributed by atoms with E-state index in [1.165, 1.54) is 32.2 Å². The van der Waals surface area contributed by atoms with Crippen LogP contribution in [0.2, 0.25) is 0 Å². The van der Waals surface area contributed by atoms with Crippen LogP contribution in [0.1, 0.15) is 39.0 Å². The highest BCUT2D eigenvalue weighted by molar-refractivity contribution is 5.04. The molecule has 0 amide bonds. The van der Waals surface area contributed by atoms with Crippen molar-refractivity contribution in [1.82, 2.24) is 4.90 Å². The fourth-order valence-corrected chi connectivity index (χ4v) is 2.09. The number of allylic oxidation sites excluding steroid dienone is 5. The molecule has 1 rings (SSSR count). The van der Waals surface area contributed by atoms with Crippen LogP contribution in [0, 0.1) is 5.92 Å². The van der Waals surface area contributed by atoms with Gasteiger partial charge in [0.1, 0.15) is 0 Å². The van der Waals surface area contributed by atoms with Crippen LogP contribution in [0.15, 0.2) is 36.6 Å². The molecule has 0 aliphatic carbocycles. The molecule has 0 spiro atoms. The number of hydrogen-bond donors (Lipinski definition) is 0. The van der Waals surface area contributed by atoms with Crippen LogP contribution in [-0.2, 0) is 0 Å². The van der Waals surface area contributed by atoms with E-state index in [4.69, 9.17) is 0 Å².